The van der Waals surface area contributed by atoms with Crippen LogP contribution in [0.2, 0.25) is 0 Å². The maximum absolute atomic E-state index is 13.4. The number of rotatable bonds is 1. The molecule has 76 valence electrons. The van der Waals surface area contributed by atoms with E-state index < -0.39 is 0 Å². The van der Waals surface area contributed by atoms with Gasteiger partial charge in [0.25, 0.3) is 0 Å². The predicted molar refractivity (Wildman–Crippen MR) is 53.6 cm³/mol. The molecule has 0 bridgehead atoms. The summed E-state index contributed by atoms with van der Waals surface area (Å²) in [6, 6.07) is 4.63. The van der Waals surface area contributed by atoms with E-state index in [0.717, 1.165) is 0 Å². The van der Waals surface area contributed by atoms with Gasteiger partial charge in [0.05, 0.1) is 11.8 Å². The quantitative estimate of drug-likeness (QED) is 0.658. The lowest BCUT2D eigenvalue weighted by Crippen LogP contribution is -2.22. The van der Waals surface area contributed by atoms with Crippen molar-refractivity contribution in [1.82, 2.24) is 0 Å². The number of anilines is 2. The molecular formula is C10H13FN2O. The van der Waals surface area contributed by atoms with Crippen LogP contribution in [0.5, 0.6) is 0 Å². The minimum atomic E-state index is -0.341. The summed E-state index contributed by atoms with van der Waals surface area (Å²) in [5, 5.41) is 9.32. The molecule has 1 fully saturated rings. The van der Waals surface area contributed by atoms with E-state index in [1.54, 1.807) is 12.1 Å². The van der Waals surface area contributed by atoms with Gasteiger partial charge in [0.15, 0.2) is 0 Å². The summed E-state index contributed by atoms with van der Waals surface area (Å²) >= 11 is 0. The van der Waals surface area contributed by atoms with Gasteiger partial charge in [-0.2, -0.15) is 0 Å². The highest BCUT2D eigenvalue weighted by molar-refractivity contribution is 5.55. The Balaban J connectivity index is 2.24. The Morgan fingerprint density at radius 3 is 2.86 bits per heavy atom. The van der Waals surface area contributed by atoms with E-state index >= 15 is 0 Å². The molecule has 1 aliphatic rings. The van der Waals surface area contributed by atoms with Gasteiger partial charge in [0, 0.05) is 18.8 Å². The normalized spacial score (nSPS) is 21.6. The zero-order chi connectivity index (χ0) is 10.1. The zero-order valence-electron chi connectivity index (χ0n) is 7.78. The predicted octanol–water partition coefficient (Wildman–Crippen LogP) is 0.979. The lowest BCUT2D eigenvalue weighted by Gasteiger charge is -2.18. The summed E-state index contributed by atoms with van der Waals surface area (Å²) in [5.74, 6) is -0.320. The molecular weight excluding hydrogens is 183 g/mol. The molecule has 1 aromatic carbocycles. The summed E-state index contributed by atoms with van der Waals surface area (Å²) < 4.78 is 13.4. The van der Waals surface area contributed by atoms with Crippen molar-refractivity contribution in [2.75, 3.05) is 23.7 Å². The summed E-state index contributed by atoms with van der Waals surface area (Å²) in [7, 11) is 0. The van der Waals surface area contributed by atoms with Crippen molar-refractivity contribution in [3.8, 4) is 0 Å². The fourth-order valence-electron chi connectivity index (χ4n) is 1.74. The van der Waals surface area contributed by atoms with Crippen LogP contribution in [0.3, 0.4) is 0 Å². The smallest absolute Gasteiger partial charge is 0.148 e. The highest BCUT2D eigenvalue weighted by Gasteiger charge is 2.22. The van der Waals surface area contributed by atoms with E-state index in [1.165, 1.54) is 6.07 Å². The summed E-state index contributed by atoms with van der Waals surface area (Å²) in [6.45, 7) is 1.20. The molecule has 0 aromatic heterocycles. The van der Waals surface area contributed by atoms with Crippen LogP contribution in [0.15, 0.2) is 18.2 Å². The molecule has 0 amide bonds. The number of halogens is 1. The summed E-state index contributed by atoms with van der Waals surface area (Å²) in [5.41, 5.74) is 6.39. The summed E-state index contributed by atoms with van der Waals surface area (Å²) in [4.78, 5) is 1.83. The second-order valence-corrected chi connectivity index (χ2v) is 3.60. The summed E-state index contributed by atoms with van der Waals surface area (Å²) in [6.07, 6.45) is 0.357. The monoisotopic (exact) mass is 196 g/mol. The minimum absolute atomic E-state index is 0.320. The SMILES string of the molecule is Nc1ccc(N2CC[C@H](O)C2)c(F)c1. The molecule has 3 nitrogen and oxygen atoms in total. The highest BCUT2D eigenvalue weighted by Crippen LogP contribution is 2.25. The first-order valence-corrected chi connectivity index (χ1v) is 4.65. The molecule has 1 atom stereocenters. The lowest BCUT2D eigenvalue weighted by molar-refractivity contribution is 0.198. The number of aliphatic hydroxyl groups excluding tert-OH is 1. The maximum atomic E-state index is 13.4. The molecule has 1 saturated heterocycles. The molecule has 1 heterocycles. The van der Waals surface area contributed by atoms with Gasteiger partial charge >= 0.3 is 0 Å². The average molecular weight is 196 g/mol. The van der Waals surface area contributed by atoms with Crippen LogP contribution >= 0.6 is 0 Å². The fraction of sp³-hybridized carbons (Fsp3) is 0.400. The topological polar surface area (TPSA) is 49.5 Å². The van der Waals surface area contributed by atoms with Crippen LogP contribution in [0.4, 0.5) is 15.8 Å². The number of aliphatic hydroxyl groups is 1. The van der Waals surface area contributed by atoms with Crippen molar-refractivity contribution in [2.24, 2.45) is 0 Å². The minimum Gasteiger partial charge on any atom is -0.399 e. The van der Waals surface area contributed by atoms with Gasteiger partial charge in [-0.25, -0.2) is 4.39 Å². The first-order valence-electron chi connectivity index (χ1n) is 4.65. The van der Waals surface area contributed by atoms with Gasteiger partial charge in [0.1, 0.15) is 5.82 Å². The fourth-order valence-corrected chi connectivity index (χ4v) is 1.74. The van der Waals surface area contributed by atoms with Gasteiger partial charge in [-0.1, -0.05) is 0 Å². The van der Waals surface area contributed by atoms with Gasteiger partial charge in [-0.3, -0.25) is 0 Å². The molecule has 0 saturated carbocycles. The van der Waals surface area contributed by atoms with E-state index in [-0.39, 0.29) is 11.9 Å². The Kier molecular flexibility index (Phi) is 2.29. The van der Waals surface area contributed by atoms with Gasteiger partial charge in [-0.15, -0.1) is 0 Å². The first kappa shape index (κ1) is 9.27. The number of hydrogen-bond acceptors (Lipinski definition) is 3. The van der Waals surface area contributed by atoms with Crippen LogP contribution in [-0.4, -0.2) is 24.3 Å². The molecule has 0 radical (unpaired) electrons. The highest BCUT2D eigenvalue weighted by atomic mass is 19.1. The van der Waals surface area contributed by atoms with Crippen molar-refractivity contribution in [3.63, 3.8) is 0 Å². The Morgan fingerprint density at radius 2 is 2.29 bits per heavy atom. The molecule has 0 unspecified atom stereocenters. The van der Waals surface area contributed by atoms with Crippen LogP contribution in [-0.2, 0) is 0 Å². The van der Waals surface area contributed by atoms with Crippen LogP contribution in [0.25, 0.3) is 0 Å². The standard InChI is InChI=1S/C10H13FN2O/c11-9-5-7(12)1-2-10(9)13-4-3-8(14)6-13/h1-2,5,8,14H,3-4,6,12H2/t8-/m0/s1. The van der Waals surface area contributed by atoms with Crippen LogP contribution < -0.4 is 10.6 Å². The largest absolute Gasteiger partial charge is 0.399 e. The van der Waals surface area contributed by atoms with Gasteiger partial charge < -0.3 is 15.7 Å². The molecule has 4 heteroatoms. The number of hydrogen-bond donors (Lipinski definition) is 2. The van der Waals surface area contributed by atoms with E-state index in [1.807, 2.05) is 4.90 Å². The van der Waals surface area contributed by atoms with Crippen molar-refractivity contribution in [2.45, 2.75) is 12.5 Å². The number of nitrogen functional groups attached to an aromatic ring is 1. The molecule has 1 aromatic rings. The van der Waals surface area contributed by atoms with E-state index in [9.17, 15) is 9.50 Å². The Hall–Kier alpha value is -1.29. The van der Waals surface area contributed by atoms with Gasteiger partial charge in [-0.05, 0) is 24.6 Å². The average Bonchev–Trinajstić information content (AvgIpc) is 2.51. The van der Waals surface area contributed by atoms with Crippen molar-refractivity contribution >= 4 is 11.4 Å². The third-order valence-electron chi connectivity index (χ3n) is 2.48. The molecule has 2 rings (SSSR count). The Morgan fingerprint density at radius 1 is 1.50 bits per heavy atom. The lowest BCUT2D eigenvalue weighted by atomic mass is 10.2. The number of nitrogens with two attached hydrogens (primary N) is 1. The van der Waals surface area contributed by atoms with Crippen LogP contribution in [0, 0.1) is 5.82 Å². The van der Waals surface area contributed by atoms with Crippen molar-refractivity contribution in [1.29, 1.82) is 0 Å². The number of β-amino-alcohol motifs (C(OH)–C–C–N with tert-alkyl or cyclic N) is 1. The number of nitrogens with zero attached hydrogens (tertiary/aromatic N) is 1. The molecule has 3 N–H and O–H groups in total. The van der Waals surface area contributed by atoms with Crippen molar-refractivity contribution in [3.05, 3.63) is 24.0 Å². The van der Waals surface area contributed by atoms with Gasteiger partial charge in [0.2, 0.25) is 0 Å². The Bertz CT molecular complexity index is 343. The van der Waals surface area contributed by atoms with Crippen LogP contribution in [0.1, 0.15) is 6.42 Å². The van der Waals surface area contributed by atoms with E-state index in [2.05, 4.69) is 0 Å². The van der Waals surface area contributed by atoms with Crippen molar-refractivity contribution < 1.29 is 9.50 Å². The third kappa shape index (κ3) is 1.65. The molecule has 14 heavy (non-hydrogen) atoms. The maximum Gasteiger partial charge on any atom is 0.148 e. The van der Waals surface area contributed by atoms with E-state index in [0.29, 0.717) is 30.9 Å². The second-order valence-electron chi connectivity index (χ2n) is 3.60. The van der Waals surface area contributed by atoms with E-state index in [4.69, 9.17) is 5.73 Å². The molecule has 0 aliphatic carbocycles. The first-order chi connectivity index (χ1) is 6.66. The zero-order valence-corrected chi connectivity index (χ0v) is 7.78. The second kappa shape index (κ2) is 3.46. The molecule has 0 spiro atoms. The third-order valence-corrected chi connectivity index (χ3v) is 2.48. The Labute approximate surface area is 81.9 Å². The number of benzene rings is 1. The molecule has 1 aliphatic heterocycles.